The maximum absolute atomic E-state index is 13.2. The Morgan fingerprint density at radius 2 is 1.68 bits per heavy atom. The van der Waals surface area contributed by atoms with Crippen LogP contribution in [0.1, 0.15) is 11.1 Å². The summed E-state index contributed by atoms with van der Waals surface area (Å²) in [6.45, 7) is 0.172. The topological polar surface area (TPSA) is 75.7 Å². The second-order valence-corrected chi connectivity index (χ2v) is 9.26. The SMILES string of the molecule is O=C1NC(=O)N(c2ccc(Cl)c(Cl)c2)C(=O)/C1=C/c1cc(Br)ccc1OCc1ccccc1Cl. The lowest BCUT2D eigenvalue weighted by Crippen LogP contribution is -2.54. The normalized spacial score (nSPS) is 15.0. The van der Waals surface area contributed by atoms with Crippen molar-refractivity contribution in [1.29, 1.82) is 0 Å². The van der Waals surface area contributed by atoms with Gasteiger partial charge in [-0.2, -0.15) is 0 Å². The molecule has 4 rings (SSSR count). The number of urea groups is 1. The Morgan fingerprint density at radius 3 is 2.41 bits per heavy atom. The molecule has 1 N–H and O–H groups in total. The van der Waals surface area contributed by atoms with Crippen LogP contribution in [0.5, 0.6) is 5.75 Å². The Morgan fingerprint density at radius 1 is 0.912 bits per heavy atom. The number of carbonyl (C=O) groups excluding carboxylic acids is 3. The molecule has 3 aromatic rings. The summed E-state index contributed by atoms with van der Waals surface area (Å²) < 4.78 is 6.63. The highest BCUT2D eigenvalue weighted by molar-refractivity contribution is 9.10. The Bertz CT molecular complexity index is 1360. The number of hydrogen-bond donors (Lipinski definition) is 1. The van der Waals surface area contributed by atoms with Gasteiger partial charge in [-0.15, -0.1) is 0 Å². The van der Waals surface area contributed by atoms with E-state index in [0.29, 0.717) is 20.8 Å². The van der Waals surface area contributed by atoms with Crippen molar-refractivity contribution in [2.24, 2.45) is 0 Å². The van der Waals surface area contributed by atoms with Gasteiger partial charge in [0.25, 0.3) is 11.8 Å². The number of amides is 4. The molecule has 172 valence electrons. The number of nitrogens with zero attached hydrogens (tertiary/aromatic N) is 1. The van der Waals surface area contributed by atoms with Gasteiger partial charge in [0.15, 0.2) is 0 Å². The van der Waals surface area contributed by atoms with E-state index >= 15 is 0 Å². The number of anilines is 1. The fourth-order valence-corrected chi connectivity index (χ4v) is 4.07. The van der Waals surface area contributed by atoms with Crippen LogP contribution in [-0.2, 0) is 16.2 Å². The van der Waals surface area contributed by atoms with Crippen LogP contribution in [0.15, 0.2) is 70.7 Å². The molecular formula is C24H14BrCl3N2O4. The molecule has 0 unspecified atom stereocenters. The predicted octanol–water partition coefficient (Wildman–Crippen LogP) is 6.65. The van der Waals surface area contributed by atoms with Gasteiger partial charge < -0.3 is 4.74 Å². The van der Waals surface area contributed by atoms with Gasteiger partial charge in [0.2, 0.25) is 0 Å². The van der Waals surface area contributed by atoms with Crippen LogP contribution in [0, 0.1) is 0 Å². The van der Waals surface area contributed by atoms with Crippen LogP contribution in [0.4, 0.5) is 10.5 Å². The van der Waals surface area contributed by atoms with Gasteiger partial charge >= 0.3 is 6.03 Å². The first-order valence-corrected chi connectivity index (χ1v) is 11.7. The monoisotopic (exact) mass is 578 g/mol. The van der Waals surface area contributed by atoms with E-state index < -0.39 is 17.8 Å². The Kier molecular flexibility index (Phi) is 7.28. The lowest BCUT2D eigenvalue weighted by Gasteiger charge is -2.26. The number of ether oxygens (including phenoxy) is 1. The molecule has 0 aromatic heterocycles. The van der Waals surface area contributed by atoms with E-state index in [1.165, 1.54) is 24.3 Å². The molecule has 1 aliphatic rings. The van der Waals surface area contributed by atoms with E-state index in [1.54, 1.807) is 24.3 Å². The molecular weight excluding hydrogens is 567 g/mol. The maximum Gasteiger partial charge on any atom is 0.335 e. The van der Waals surface area contributed by atoms with E-state index in [-0.39, 0.29) is 27.9 Å². The van der Waals surface area contributed by atoms with Crippen LogP contribution in [0.3, 0.4) is 0 Å². The smallest absolute Gasteiger partial charge is 0.335 e. The molecule has 3 aromatic carbocycles. The van der Waals surface area contributed by atoms with Gasteiger partial charge in [0.1, 0.15) is 17.9 Å². The highest BCUT2D eigenvalue weighted by Crippen LogP contribution is 2.31. The zero-order chi connectivity index (χ0) is 24.4. The summed E-state index contributed by atoms with van der Waals surface area (Å²) in [6.07, 6.45) is 1.36. The highest BCUT2D eigenvalue weighted by Gasteiger charge is 2.37. The van der Waals surface area contributed by atoms with Crippen LogP contribution >= 0.6 is 50.7 Å². The van der Waals surface area contributed by atoms with Crippen molar-refractivity contribution in [2.75, 3.05) is 4.90 Å². The number of barbiturate groups is 1. The van der Waals surface area contributed by atoms with Gasteiger partial charge in [-0.3, -0.25) is 14.9 Å². The summed E-state index contributed by atoms with van der Waals surface area (Å²) in [4.78, 5) is 39.0. The summed E-state index contributed by atoms with van der Waals surface area (Å²) >= 11 is 21.6. The number of nitrogens with one attached hydrogen (secondary N) is 1. The fourth-order valence-electron chi connectivity index (χ4n) is 3.21. The second-order valence-electron chi connectivity index (χ2n) is 7.12. The molecule has 0 radical (unpaired) electrons. The summed E-state index contributed by atoms with van der Waals surface area (Å²) in [6, 6.07) is 15.8. The van der Waals surface area contributed by atoms with Gasteiger partial charge in [0.05, 0.1) is 15.7 Å². The lowest BCUT2D eigenvalue weighted by molar-refractivity contribution is -0.122. The molecule has 1 heterocycles. The van der Waals surface area contributed by atoms with Crippen molar-refractivity contribution < 1.29 is 19.1 Å². The van der Waals surface area contributed by atoms with E-state index in [2.05, 4.69) is 21.2 Å². The van der Waals surface area contributed by atoms with Crippen molar-refractivity contribution in [1.82, 2.24) is 5.32 Å². The molecule has 1 aliphatic heterocycles. The van der Waals surface area contributed by atoms with E-state index in [0.717, 1.165) is 10.5 Å². The molecule has 0 spiro atoms. The molecule has 0 saturated carbocycles. The molecule has 10 heteroatoms. The summed E-state index contributed by atoms with van der Waals surface area (Å²) in [5.41, 5.74) is 1.13. The largest absolute Gasteiger partial charge is 0.488 e. The van der Waals surface area contributed by atoms with Gasteiger partial charge in [-0.05, 0) is 48.5 Å². The number of rotatable bonds is 5. The van der Waals surface area contributed by atoms with Crippen molar-refractivity contribution in [3.63, 3.8) is 0 Å². The van der Waals surface area contributed by atoms with Crippen LogP contribution in [-0.4, -0.2) is 17.8 Å². The quantitative estimate of drug-likeness (QED) is 0.271. The average molecular weight is 581 g/mol. The molecule has 1 fully saturated rings. The maximum atomic E-state index is 13.2. The third-order valence-corrected chi connectivity index (χ3v) is 6.48. The minimum absolute atomic E-state index is 0.157. The summed E-state index contributed by atoms with van der Waals surface area (Å²) in [5.74, 6) is -1.23. The zero-order valence-corrected chi connectivity index (χ0v) is 21.0. The number of halogens is 4. The first-order chi connectivity index (χ1) is 16.2. The van der Waals surface area contributed by atoms with E-state index in [4.69, 9.17) is 39.5 Å². The van der Waals surface area contributed by atoms with E-state index in [1.807, 2.05) is 18.2 Å². The molecule has 1 saturated heterocycles. The number of benzene rings is 3. The minimum atomic E-state index is -0.894. The molecule has 6 nitrogen and oxygen atoms in total. The average Bonchev–Trinajstić information content (AvgIpc) is 2.79. The first-order valence-electron chi connectivity index (χ1n) is 9.77. The summed E-state index contributed by atoms with van der Waals surface area (Å²) in [5, 5.41) is 3.15. The Hall–Kier alpha value is -2.84. The van der Waals surface area contributed by atoms with Gasteiger partial charge in [-0.1, -0.05) is 68.9 Å². The number of imide groups is 2. The van der Waals surface area contributed by atoms with Gasteiger partial charge in [0, 0.05) is 20.6 Å². The van der Waals surface area contributed by atoms with Crippen LogP contribution in [0.25, 0.3) is 6.08 Å². The standard InChI is InChI=1S/C24H14BrCl3N2O4/c25-15-5-8-21(34-12-13-3-1-2-4-18(13)26)14(9-15)10-17-22(31)29-24(33)30(23(17)32)16-6-7-19(27)20(28)11-16/h1-11H,12H2,(H,29,31,33)/b17-10+. The van der Waals surface area contributed by atoms with Crippen LogP contribution in [0.2, 0.25) is 15.1 Å². The van der Waals surface area contributed by atoms with Gasteiger partial charge in [-0.25, -0.2) is 9.69 Å². The second kappa shape index (κ2) is 10.2. The Balaban J connectivity index is 1.69. The number of carbonyl (C=O) groups is 3. The fraction of sp³-hybridized carbons (Fsp3) is 0.0417. The van der Waals surface area contributed by atoms with Crippen molar-refractivity contribution in [3.8, 4) is 5.75 Å². The summed E-state index contributed by atoms with van der Waals surface area (Å²) in [7, 11) is 0. The zero-order valence-electron chi connectivity index (χ0n) is 17.2. The third-order valence-electron chi connectivity index (χ3n) is 4.88. The first kappa shape index (κ1) is 24.3. The van der Waals surface area contributed by atoms with E-state index in [9.17, 15) is 14.4 Å². The third kappa shape index (κ3) is 5.13. The van der Waals surface area contributed by atoms with Crippen molar-refractivity contribution >= 4 is 80.3 Å². The van der Waals surface area contributed by atoms with Crippen molar-refractivity contribution in [3.05, 3.63) is 96.9 Å². The molecule has 0 atom stereocenters. The molecule has 34 heavy (non-hydrogen) atoms. The number of hydrogen-bond acceptors (Lipinski definition) is 4. The Labute approximate surface area is 218 Å². The molecule has 4 amide bonds. The van der Waals surface area contributed by atoms with Crippen molar-refractivity contribution in [2.45, 2.75) is 6.61 Å². The predicted molar refractivity (Wildman–Crippen MR) is 135 cm³/mol. The molecule has 0 bridgehead atoms. The highest BCUT2D eigenvalue weighted by atomic mass is 79.9. The minimum Gasteiger partial charge on any atom is -0.488 e. The van der Waals surface area contributed by atoms with Crippen LogP contribution < -0.4 is 15.0 Å². The lowest BCUT2D eigenvalue weighted by atomic mass is 10.1. The molecule has 0 aliphatic carbocycles.